The Kier molecular flexibility index (Phi) is 4.40. The van der Waals surface area contributed by atoms with E-state index in [-0.39, 0.29) is 6.10 Å². The topological polar surface area (TPSA) is 20.2 Å². The zero-order chi connectivity index (χ0) is 14.7. The van der Waals surface area contributed by atoms with Crippen LogP contribution < -0.4 is 0 Å². The quantitative estimate of drug-likeness (QED) is 0.859. The fourth-order valence-corrected chi connectivity index (χ4v) is 3.26. The third-order valence-corrected chi connectivity index (χ3v) is 4.68. The predicted molar refractivity (Wildman–Crippen MR) is 88.3 cm³/mol. The van der Waals surface area contributed by atoms with E-state index in [4.69, 9.17) is 0 Å². The molecule has 0 saturated heterocycles. The van der Waals surface area contributed by atoms with E-state index in [0.29, 0.717) is 0 Å². The molecule has 1 aliphatic carbocycles. The summed E-state index contributed by atoms with van der Waals surface area (Å²) in [5.41, 5.74) is 5.30. The van der Waals surface area contributed by atoms with Gasteiger partial charge in [0.05, 0.1) is 6.10 Å². The molecule has 1 aliphatic rings. The Labute approximate surface area is 127 Å². The van der Waals surface area contributed by atoms with Crippen LogP contribution in [0, 0.1) is 12.8 Å². The summed E-state index contributed by atoms with van der Waals surface area (Å²) in [4.78, 5) is 0. The number of benzene rings is 2. The minimum Gasteiger partial charge on any atom is -0.393 e. The summed E-state index contributed by atoms with van der Waals surface area (Å²) >= 11 is 0. The molecule has 2 aromatic carbocycles. The largest absolute Gasteiger partial charge is 0.393 e. The number of aliphatic hydroxyl groups excluding tert-OH is 1. The molecule has 3 rings (SSSR count). The van der Waals surface area contributed by atoms with Gasteiger partial charge >= 0.3 is 0 Å². The number of hydrogen-bond donors (Lipinski definition) is 1. The predicted octanol–water partition coefficient (Wildman–Crippen LogP) is 4.76. The van der Waals surface area contributed by atoms with Crippen molar-refractivity contribution in [3.05, 3.63) is 59.7 Å². The summed E-state index contributed by atoms with van der Waals surface area (Å²) in [6, 6.07) is 17.7. The Morgan fingerprint density at radius 1 is 0.810 bits per heavy atom. The Morgan fingerprint density at radius 3 is 1.90 bits per heavy atom. The molecule has 21 heavy (non-hydrogen) atoms. The van der Waals surface area contributed by atoms with Crippen molar-refractivity contribution in [2.24, 2.45) is 5.92 Å². The third kappa shape index (κ3) is 3.74. The molecule has 0 spiro atoms. The maximum atomic E-state index is 9.57. The van der Waals surface area contributed by atoms with Gasteiger partial charge in [-0.25, -0.2) is 0 Å². The lowest BCUT2D eigenvalue weighted by molar-refractivity contribution is 0.109. The Bertz CT molecular complexity index is 560. The molecule has 0 aromatic heterocycles. The first kappa shape index (κ1) is 14.3. The number of rotatable bonds is 3. The van der Waals surface area contributed by atoms with E-state index in [1.165, 1.54) is 35.1 Å². The summed E-state index contributed by atoms with van der Waals surface area (Å²) in [5.74, 6) is 0.749. The number of aliphatic hydroxyl groups is 1. The van der Waals surface area contributed by atoms with Crippen LogP contribution in [0.3, 0.4) is 0 Å². The lowest BCUT2D eigenvalue weighted by Gasteiger charge is -2.25. The SMILES string of the molecule is Cc1ccc(-c2ccc(CC3CCC(O)CC3)cc2)cc1. The minimum absolute atomic E-state index is 0.0508. The Morgan fingerprint density at radius 2 is 1.33 bits per heavy atom. The molecular weight excluding hydrogens is 256 g/mol. The molecule has 0 radical (unpaired) electrons. The molecule has 0 aliphatic heterocycles. The average Bonchev–Trinajstić information content (AvgIpc) is 2.51. The summed E-state index contributed by atoms with van der Waals surface area (Å²) in [6.45, 7) is 2.12. The third-order valence-electron chi connectivity index (χ3n) is 4.68. The van der Waals surface area contributed by atoms with Crippen molar-refractivity contribution in [1.29, 1.82) is 0 Å². The van der Waals surface area contributed by atoms with Crippen LogP contribution >= 0.6 is 0 Å². The van der Waals surface area contributed by atoms with Crippen molar-refractivity contribution in [2.75, 3.05) is 0 Å². The van der Waals surface area contributed by atoms with Gasteiger partial charge < -0.3 is 5.11 Å². The second kappa shape index (κ2) is 6.44. The first-order valence-corrected chi connectivity index (χ1v) is 8.05. The molecular formula is C20H24O. The van der Waals surface area contributed by atoms with Gasteiger partial charge in [0, 0.05) is 0 Å². The molecule has 0 amide bonds. The molecule has 2 aromatic rings. The normalized spacial score (nSPS) is 22.2. The van der Waals surface area contributed by atoms with Crippen molar-refractivity contribution in [1.82, 2.24) is 0 Å². The van der Waals surface area contributed by atoms with E-state index in [9.17, 15) is 5.11 Å². The smallest absolute Gasteiger partial charge is 0.0540 e. The van der Waals surface area contributed by atoms with Crippen LogP contribution in [-0.4, -0.2) is 11.2 Å². The van der Waals surface area contributed by atoms with Gasteiger partial charge in [0.1, 0.15) is 0 Å². The van der Waals surface area contributed by atoms with Gasteiger partial charge in [-0.2, -0.15) is 0 Å². The summed E-state index contributed by atoms with van der Waals surface area (Å²) < 4.78 is 0. The molecule has 1 saturated carbocycles. The fourth-order valence-electron chi connectivity index (χ4n) is 3.26. The zero-order valence-corrected chi connectivity index (χ0v) is 12.8. The first-order chi connectivity index (χ1) is 10.2. The van der Waals surface area contributed by atoms with Crippen molar-refractivity contribution >= 4 is 0 Å². The van der Waals surface area contributed by atoms with Crippen LogP contribution in [0.1, 0.15) is 36.8 Å². The van der Waals surface area contributed by atoms with Crippen molar-refractivity contribution in [3.8, 4) is 11.1 Å². The summed E-state index contributed by atoms with van der Waals surface area (Å²) in [7, 11) is 0. The molecule has 0 heterocycles. The van der Waals surface area contributed by atoms with E-state index < -0.39 is 0 Å². The zero-order valence-electron chi connectivity index (χ0n) is 12.8. The molecule has 0 unspecified atom stereocenters. The van der Waals surface area contributed by atoms with Crippen molar-refractivity contribution in [3.63, 3.8) is 0 Å². The highest BCUT2D eigenvalue weighted by Crippen LogP contribution is 2.28. The maximum absolute atomic E-state index is 9.57. The standard InChI is InChI=1S/C20H24O/c1-15-2-8-18(9-3-15)19-10-4-16(5-11-19)14-17-6-12-20(21)13-7-17/h2-5,8-11,17,20-21H,6-7,12-14H2,1H3. The molecule has 1 N–H and O–H groups in total. The van der Waals surface area contributed by atoms with Crippen molar-refractivity contribution in [2.45, 2.75) is 45.1 Å². The van der Waals surface area contributed by atoms with Crippen LogP contribution in [-0.2, 0) is 6.42 Å². The van der Waals surface area contributed by atoms with Gasteiger partial charge in [0.2, 0.25) is 0 Å². The lowest BCUT2D eigenvalue weighted by Crippen LogP contribution is -2.19. The highest BCUT2D eigenvalue weighted by atomic mass is 16.3. The second-order valence-corrected chi connectivity index (χ2v) is 6.44. The first-order valence-electron chi connectivity index (χ1n) is 8.05. The maximum Gasteiger partial charge on any atom is 0.0540 e. The van der Waals surface area contributed by atoms with Crippen molar-refractivity contribution < 1.29 is 5.11 Å². The molecule has 1 heteroatoms. The average molecular weight is 280 g/mol. The van der Waals surface area contributed by atoms with Gasteiger partial charge in [-0.05, 0) is 61.6 Å². The summed E-state index contributed by atoms with van der Waals surface area (Å²) in [6.07, 6.45) is 5.39. The van der Waals surface area contributed by atoms with Crippen LogP contribution in [0.4, 0.5) is 0 Å². The van der Waals surface area contributed by atoms with Gasteiger partial charge in [-0.3, -0.25) is 0 Å². The van der Waals surface area contributed by atoms with Crippen LogP contribution in [0.25, 0.3) is 11.1 Å². The van der Waals surface area contributed by atoms with E-state index >= 15 is 0 Å². The Hall–Kier alpha value is -1.60. The van der Waals surface area contributed by atoms with Gasteiger partial charge in [0.15, 0.2) is 0 Å². The van der Waals surface area contributed by atoms with Gasteiger partial charge in [-0.1, -0.05) is 54.1 Å². The van der Waals surface area contributed by atoms with Crippen LogP contribution in [0.5, 0.6) is 0 Å². The highest BCUT2D eigenvalue weighted by Gasteiger charge is 2.19. The number of hydrogen-bond acceptors (Lipinski definition) is 1. The number of aryl methyl sites for hydroxylation is 1. The van der Waals surface area contributed by atoms with E-state index in [1.54, 1.807) is 0 Å². The monoisotopic (exact) mass is 280 g/mol. The van der Waals surface area contributed by atoms with E-state index in [1.807, 2.05) is 0 Å². The van der Waals surface area contributed by atoms with Crippen LogP contribution in [0.2, 0.25) is 0 Å². The fraction of sp³-hybridized carbons (Fsp3) is 0.400. The van der Waals surface area contributed by atoms with Gasteiger partial charge in [-0.15, -0.1) is 0 Å². The minimum atomic E-state index is -0.0508. The molecule has 1 nitrogen and oxygen atoms in total. The summed E-state index contributed by atoms with van der Waals surface area (Å²) in [5, 5.41) is 9.57. The lowest BCUT2D eigenvalue weighted by atomic mass is 9.83. The molecule has 110 valence electrons. The van der Waals surface area contributed by atoms with E-state index in [2.05, 4.69) is 55.5 Å². The molecule has 0 bridgehead atoms. The highest BCUT2D eigenvalue weighted by molar-refractivity contribution is 5.63. The molecule has 0 atom stereocenters. The van der Waals surface area contributed by atoms with Gasteiger partial charge in [0.25, 0.3) is 0 Å². The molecule has 1 fully saturated rings. The second-order valence-electron chi connectivity index (χ2n) is 6.44. The van der Waals surface area contributed by atoms with Crippen LogP contribution in [0.15, 0.2) is 48.5 Å². The van der Waals surface area contributed by atoms with E-state index in [0.717, 1.165) is 25.2 Å². The Balaban J connectivity index is 1.65.